The first-order valence-electron chi connectivity index (χ1n) is 9.68. The number of carbonyl (C=O) groups is 1. The van der Waals surface area contributed by atoms with Crippen LogP contribution in [0.2, 0.25) is 0 Å². The van der Waals surface area contributed by atoms with Gasteiger partial charge in [-0.25, -0.2) is 4.98 Å². The lowest BCUT2D eigenvalue weighted by molar-refractivity contribution is -0.132. The maximum atomic E-state index is 13.0. The number of hydrogen-bond donors (Lipinski definition) is 0. The number of halogens is 1. The maximum absolute atomic E-state index is 13.0. The molecule has 2 aromatic carbocycles. The number of benzene rings is 2. The van der Waals surface area contributed by atoms with Gasteiger partial charge in [0.2, 0.25) is 5.91 Å². The summed E-state index contributed by atoms with van der Waals surface area (Å²) in [5.74, 6) is -0.0579. The van der Waals surface area contributed by atoms with Gasteiger partial charge in [-0.15, -0.1) is 11.3 Å². The second-order valence-electron chi connectivity index (χ2n) is 7.34. The van der Waals surface area contributed by atoms with Crippen LogP contribution in [0.25, 0.3) is 20.7 Å². The SMILES string of the molecule is O=C(Cn1cnc2cc(-c3ccc(Br)cc3)sc2c1=O)N1CCc2ccccc2C1. The highest BCUT2D eigenvalue weighted by Crippen LogP contribution is 2.31. The Bertz CT molecular complexity index is 1310. The van der Waals surface area contributed by atoms with Crippen molar-refractivity contribution < 1.29 is 4.79 Å². The standard InChI is InChI=1S/C23H18BrN3O2S/c24-18-7-5-16(6-8-18)20-11-19-22(30-20)23(29)27(14-25-19)13-21(28)26-10-9-15-3-1-2-4-17(15)12-26/h1-8,11,14H,9-10,12-13H2. The second kappa shape index (κ2) is 7.81. The zero-order valence-corrected chi connectivity index (χ0v) is 18.4. The normalized spacial score (nSPS) is 13.4. The molecule has 0 spiro atoms. The number of rotatable bonds is 3. The molecule has 1 aliphatic rings. The van der Waals surface area contributed by atoms with Crippen LogP contribution in [0.15, 0.2) is 70.2 Å². The van der Waals surface area contributed by atoms with Crippen LogP contribution in [0.1, 0.15) is 11.1 Å². The Morgan fingerprint density at radius 2 is 1.87 bits per heavy atom. The molecule has 30 heavy (non-hydrogen) atoms. The summed E-state index contributed by atoms with van der Waals surface area (Å²) >= 11 is 4.85. The van der Waals surface area contributed by atoms with Gasteiger partial charge in [0.05, 0.1) is 11.8 Å². The van der Waals surface area contributed by atoms with E-state index in [1.165, 1.54) is 33.4 Å². The monoisotopic (exact) mass is 479 g/mol. The Hall–Kier alpha value is -2.77. The summed E-state index contributed by atoms with van der Waals surface area (Å²) in [6.45, 7) is 1.27. The topological polar surface area (TPSA) is 55.2 Å². The van der Waals surface area contributed by atoms with Crippen LogP contribution in [0.5, 0.6) is 0 Å². The van der Waals surface area contributed by atoms with Crippen molar-refractivity contribution in [3.63, 3.8) is 0 Å². The van der Waals surface area contributed by atoms with Crippen LogP contribution in [-0.2, 0) is 24.3 Å². The molecule has 0 bridgehead atoms. The summed E-state index contributed by atoms with van der Waals surface area (Å²) in [6.07, 6.45) is 2.33. The number of thiophene rings is 1. The molecule has 150 valence electrons. The van der Waals surface area contributed by atoms with E-state index < -0.39 is 0 Å². The van der Waals surface area contributed by atoms with Gasteiger partial charge in [0.1, 0.15) is 11.2 Å². The molecular formula is C23H18BrN3O2S. The van der Waals surface area contributed by atoms with E-state index in [0.717, 1.165) is 21.3 Å². The van der Waals surface area contributed by atoms with Gasteiger partial charge in [-0.1, -0.05) is 52.3 Å². The zero-order chi connectivity index (χ0) is 20.7. The molecule has 0 atom stereocenters. The van der Waals surface area contributed by atoms with Crippen molar-refractivity contribution in [3.8, 4) is 10.4 Å². The third-order valence-electron chi connectivity index (χ3n) is 5.42. The second-order valence-corrected chi connectivity index (χ2v) is 9.31. The van der Waals surface area contributed by atoms with E-state index in [4.69, 9.17) is 0 Å². The van der Waals surface area contributed by atoms with E-state index in [0.29, 0.717) is 23.3 Å². The van der Waals surface area contributed by atoms with Crippen LogP contribution in [0.3, 0.4) is 0 Å². The predicted octanol–water partition coefficient (Wildman–Crippen LogP) is 4.47. The number of hydrogen-bond acceptors (Lipinski definition) is 4. The first kappa shape index (κ1) is 19.2. The van der Waals surface area contributed by atoms with Crippen molar-refractivity contribution in [2.45, 2.75) is 19.5 Å². The first-order chi connectivity index (χ1) is 14.6. The Morgan fingerprint density at radius 3 is 2.67 bits per heavy atom. The summed E-state index contributed by atoms with van der Waals surface area (Å²) in [7, 11) is 0. The molecule has 7 heteroatoms. The largest absolute Gasteiger partial charge is 0.336 e. The molecular weight excluding hydrogens is 462 g/mol. The molecule has 0 saturated heterocycles. The van der Waals surface area contributed by atoms with Crippen molar-refractivity contribution in [1.82, 2.24) is 14.5 Å². The molecule has 0 radical (unpaired) electrons. The van der Waals surface area contributed by atoms with Crippen LogP contribution < -0.4 is 5.56 Å². The minimum Gasteiger partial charge on any atom is -0.336 e. The first-order valence-corrected chi connectivity index (χ1v) is 11.3. The van der Waals surface area contributed by atoms with Gasteiger partial charge in [-0.3, -0.25) is 14.2 Å². The fourth-order valence-electron chi connectivity index (χ4n) is 3.77. The van der Waals surface area contributed by atoms with Gasteiger partial charge in [0, 0.05) is 22.4 Å². The number of carbonyl (C=O) groups excluding carboxylic acids is 1. The van der Waals surface area contributed by atoms with E-state index in [1.807, 2.05) is 47.4 Å². The molecule has 0 aliphatic carbocycles. The lowest BCUT2D eigenvalue weighted by Crippen LogP contribution is -2.39. The Labute approximate surface area is 185 Å². The highest BCUT2D eigenvalue weighted by atomic mass is 79.9. The lowest BCUT2D eigenvalue weighted by Gasteiger charge is -2.29. The van der Waals surface area contributed by atoms with Crippen molar-refractivity contribution >= 4 is 43.4 Å². The van der Waals surface area contributed by atoms with Crippen molar-refractivity contribution in [2.75, 3.05) is 6.54 Å². The van der Waals surface area contributed by atoms with Crippen LogP contribution >= 0.6 is 27.3 Å². The Balaban J connectivity index is 1.40. The molecule has 2 aromatic heterocycles. The summed E-state index contributed by atoms with van der Waals surface area (Å²) < 4.78 is 3.01. The number of amides is 1. The van der Waals surface area contributed by atoms with Crippen molar-refractivity contribution in [2.24, 2.45) is 0 Å². The Morgan fingerprint density at radius 1 is 1.10 bits per heavy atom. The van der Waals surface area contributed by atoms with Crippen LogP contribution in [0.4, 0.5) is 0 Å². The fraction of sp³-hybridized carbons (Fsp3) is 0.174. The molecule has 1 aliphatic heterocycles. The van der Waals surface area contributed by atoms with Gasteiger partial charge in [-0.05, 0) is 41.3 Å². The highest BCUT2D eigenvalue weighted by molar-refractivity contribution is 9.10. The van der Waals surface area contributed by atoms with Crippen LogP contribution in [0, 0.1) is 0 Å². The summed E-state index contributed by atoms with van der Waals surface area (Å²) in [5.41, 5.74) is 4.00. The van der Waals surface area contributed by atoms with Gasteiger partial charge < -0.3 is 4.90 Å². The number of fused-ring (bicyclic) bond motifs is 2. The summed E-state index contributed by atoms with van der Waals surface area (Å²) in [5, 5.41) is 0. The zero-order valence-electron chi connectivity index (χ0n) is 16.0. The molecule has 0 N–H and O–H groups in total. The summed E-state index contributed by atoms with van der Waals surface area (Å²) in [4.78, 5) is 33.1. The molecule has 0 saturated carbocycles. The fourth-order valence-corrected chi connectivity index (χ4v) is 5.10. The van der Waals surface area contributed by atoms with Gasteiger partial charge in [0.25, 0.3) is 5.56 Å². The molecule has 0 unspecified atom stereocenters. The predicted molar refractivity (Wildman–Crippen MR) is 123 cm³/mol. The third kappa shape index (κ3) is 3.59. The van der Waals surface area contributed by atoms with Crippen molar-refractivity contribution in [3.05, 3.63) is 86.9 Å². The van der Waals surface area contributed by atoms with E-state index in [2.05, 4.69) is 33.0 Å². The minimum absolute atomic E-state index is 0.00938. The average molecular weight is 480 g/mol. The van der Waals surface area contributed by atoms with E-state index in [9.17, 15) is 9.59 Å². The Kier molecular flexibility index (Phi) is 5.00. The van der Waals surface area contributed by atoms with Crippen molar-refractivity contribution in [1.29, 1.82) is 0 Å². The van der Waals surface area contributed by atoms with Gasteiger partial charge in [0.15, 0.2) is 0 Å². The third-order valence-corrected chi connectivity index (χ3v) is 7.11. The number of nitrogens with zero attached hydrogens (tertiary/aromatic N) is 3. The smallest absolute Gasteiger partial charge is 0.271 e. The van der Waals surface area contributed by atoms with Gasteiger partial charge in [-0.2, -0.15) is 0 Å². The minimum atomic E-state index is -0.167. The van der Waals surface area contributed by atoms with E-state index in [1.54, 1.807) is 0 Å². The van der Waals surface area contributed by atoms with Gasteiger partial charge >= 0.3 is 0 Å². The quantitative estimate of drug-likeness (QED) is 0.435. The molecule has 1 amide bonds. The van der Waals surface area contributed by atoms with Crippen LogP contribution in [-0.4, -0.2) is 26.9 Å². The molecule has 5 rings (SSSR count). The lowest BCUT2D eigenvalue weighted by atomic mass is 10.00. The highest BCUT2D eigenvalue weighted by Gasteiger charge is 2.21. The molecule has 0 fully saturated rings. The molecule has 4 aromatic rings. The number of aromatic nitrogens is 2. The molecule has 3 heterocycles. The maximum Gasteiger partial charge on any atom is 0.271 e. The van der Waals surface area contributed by atoms with E-state index in [-0.39, 0.29) is 18.0 Å². The summed E-state index contributed by atoms with van der Waals surface area (Å²) in [6, 6.07) is 18.1. The average Bonchev–Trinajstić information content (AvgIpc) is 3.21. The molecule has 5 nitrogen and oxygen atoms in total. The van der Waals surface area contributed by atoms with E-state index >= 15 is 0 Å².